The van der Waals surface area contributed by atoms with Crippen molar-refractivity contribution in [3.63, 3.8) is 0 Å². The first-order chi connectivity index (χ1) is 7.97. The Kier molecular flexibility index (Phi) is 2.76. The van der Waals surface area contributed by atoms with Crippen LogP contribution in [0.1, 0.15) is 0 Å². The summed E-state index contributed by atoms with van der Waals surface area (Å²) in [4.78, 5) is 0.0167. The molecule has 6 nitrogen and oxygen atoms in total. The highest BCUT2D eigenvalue weighted by Gasteiger charge is 2.23. The molecule has 0 unspecified atom stereocenters. The number of benzene rings is 1. The van der Waals surface area contributed by atoms with E-state index in [1.807, 2.05) is 0 Å². The molecule has 2 rings (SSSR count). The van der Waals surface area contributed by atoms with Crippen molar-refractivity contribution < 1.29 is 18.3 Å². The smallest absolute Gasteiger partial charge is 0.283 e. The second-order valence-electron chi connectivity index (χ2n) is 3.38. The number of hydrogen-bond donors (Lipinski definition) is 2. The van der Waals surface area contributed by atoms with Gasteiger partial charge in [-0.3, -0.25) is 0 Å². The molecule has 90 valence electrons. The van der Waals surface area contributed by atoms with Crippen LogP contribution in [-0.4, -0.2) is 26.0 Å². The summed E-state index contributed by atoms with van der Waals surface area (Å²) in [7, 11) is -3.66. The van der Waals surface area contributed by atoms with Crippen molar-refractivity contribution in [3.8, 4) is 11.5 Å². The van der Waals surface area contributed by atoms with Crippen LogP contribution in [0.2, 0.25) is 0 Å². The SMILES string of the molecule is NC1=NS(=O)(=O)C(COc2ccc(O)cc2)=C1. The van der Waals surface area contributed by atoms with Crippen molar-refractivity contribution in [2.45, 2.75) is 0 Å². The third-order valence-corrected chi connectivity index (χ3v) is 3.43. The Balaban J connectivity index is 2.05. The fraction of sp³-hybridized carbons (Fsp3) is 0.100. The molecular weight excluding hydrogens is 244 g/mol. The molecule has 1 aromatic rings. The lowest BCUT2D eigenvalue weighted by atomic mass is 10.3. The molecule has 1 aliphatic heterocycles. The van der Waals surface area contributed by atoms with Crippen LogP contribution >= 0.6 is 0 Å². The summed E-state index contributed by atoms with van der Waals surface area (Å²) in [5.41, 5.74) is 5.30. The van der Waals surface area contributed by atoms with Crippen LogP contribution in [0.3, 0.4) is 0 Å². The average Bonchev–Trinajstić information content (AvgIpc) is 2.51. The standard InChI is InChI=1S/C10H10N2O4S/c11-10-5-9(17(14,15)12-10)6-16-8-3-1-7(13)2-4-8/h1-5,13H,6H2,(H2,11,12). The monoisotopic (exact) mass is 254 g/mol. The van der Waals surface area contributed by atoms with Crippen molar-refractivity contribution in [1.82, 2.24) is 0 Å². The van der Waals surface area contributed by atoms with E-state index in [0.717, 1.165) is 0 Å². The Bertz CT molecular complexity index is 587. The highest BCUT2D eigenvalue weighted by Crippen LogP contribution is 2.20. The molecule has 7 heteroatoms. The maximum absolute atomic E-state index is 11.4. The molecule has 0 amide bonds. The maximum Gasteiger partial charge on any atom is 0.283 e. The Morgan fingerprint density at radius 2 is 1.94 bits per heavy atom. The van der Waals surface area contributed by atoms with Gasteiger partial charge in [0.1, 0.15) is 28.8 Å². The van der Waals surface area contributed by atoms with Crippen LogP contribution in [0.5, 0.6) is 11.5 Å². The molecule has 0 atom stereocenters. The molecule has 0 aromatic heterocycles. The van der Waals surface area contributed by atoms with E-state index in [2.05, 4.69) is 4.40 Å². The molecule has 17 heavy (non-hydrogen) atoms. The number of rotatable bonds is 3. The second kappa shape index (κ2) is 4.10. The molecule has 1 heterocycles. The average molecular weight is 254 g/mol. The zero-order chi connectivity index (χ0) is 12.5. The Labute approximate surface area is 98.1 Å². The molecule has 1 aliphatic rings. The highest BCUT2D eigenvalue weighted by molar-refractivity contribution is 7.94. The van der Waals surface area contributed by atoms with Crippen LogP contribution in [0.15, 0.2) is 39.6 Å². The van der Waals surface area contributed by atoms with Crippen LogP contribution in [-0.2, 0) is 10.0 Å². The van der Waals surface area contributed by atoms with E-state index >= 15 is 0 Å². The highest BCUT2D eigenvalue weighted by atomic mass is 32.2. The van der Waals surface area contributed by atoms with Gasteiger partial charge >= 0.3 is 0 Å². The van der Waals surface area contributed by atoms with Crippen molar-refractivity contribution in [1.29, 1.82) is 0 Å². The summed E-state index contributed by atoms with van der Waals surface area (Å²) >= 11 is 0. The van der Waals surface area contributed by atoms with Gasteiger partial charge in [-0.15, -0.1) is 4.40 Å². The fourth-order valence-corrected chi connectivity index (χ4v) is 2.20. The first kappa shape index (κ1) is 11.5. The number of ether oxygens (including phenoxy) is 1. The van der Waals surface area contributed by atoms with Crippen LogP contribution in [0.25, 0.3) is 0 Å². The van der Waals surface area contributed by atoms with Crippen LogP contribution in [0.4, 0.5) is 0 Å². The zero-order valence-corrected chi connectivity index (χ0v) is 9.52. The lowest BCUT2D eigenvalue weighted by molar-refractivity contribution is 0.357. The maximum atomic E-state index is 11.4. The summed E-state index contributed by atoms with van der Waals surface area (Å²) in [5, 5.41) is 9.06. The predicted octanol–water partition coefficient (Wildman–Crippen LogP) is 0.356. The molecule has 0 aliphatic carbocycles. The summed E-state index contributed by atoms with van der Waals surface area (Å²) in [5.74, 6) is 0.510. The lowest BCUT2D eigenvalue weighted by Gasteiger charge is -2.05. The van der Waals surface area contributed by atoms with E-state index in [1.54, 1.807) is 0 Å². The Morgan fingerprint density at radius 1 is 1.29 bits per heavy atom. The quantitative estimate of drug-likeness (QED) is 0.810. The topological polar surface area (TPSA) is 102 Å². The molecule has 1 aromatic carbocycles. The minimum atomic E-state index is -3.66. The van der Waals surface area contributed by atoms with E-state index < -0.39 is 10.0 Å². The number of phenols is 1. The van der Waals surface area contributed by atoms with E-state index in [9.17, 15) is 8.42 Å². The Morgan fingerprint density at radius 3 is 2.47 bits per heavy atom. The van der Waals surface area contributed by atoms with Crippen molar-refractivity contribution >= 4 is 15.9 Å². The van der Waals surface area contributed by atoms with Gasteiger partial charge < -0.3 is 15.6 Å². The predicted molar refractivity (Wildman–Crippen MR) is 62.2 cm³/mol. The van der Waals surface area contributed by atoms with Gasteiger partial charge in [0.2, 0.25) is 0 Å². The van der Waals surface area contributed by atoms with Crippen LogP contribution in [0, 0.1) is 0 Å². The molecule has 0 fully saturated rings. The van der Waals surface area contributed by atoms with Gasteiger partial charge in [-0.1, -0.05) is 0 Å². The van der Waals surface area contributed by atoms with Gasteiger partial charge in [-0.2, -0.15) is 8.42 Å². The van der Waals surface area contributed by atoms with E-state index in [-0.39, 0.29) is 23.1 Å². The van der Waals surface area contributed by atoms with Gasteiger partial charge in [-0.05, 0) is 24.3 Å². The second-order valence-corrected chi connectivity index (χ2v) is 5.04. The molecule has 0 saturated carbocycles. The largest absolute Gasteiger partial charge is 0.508 e. The number of amidine groups is 1. The van der Waals surface area contributed by atoms with E-state index in [4.69, 9.17) is 15.6 Å². The molecule has 0 radical (unpaired) electrons. The van der Waals surface area contributed by atoms with Crippen LogP contribution < -0.4 is 10.5 Å². The zero-order valence-electron chi connectivity index (χ0n) is 8.70. The van der Waals surface area contributed by atoms with Crippen molar-refractivity contribution in [2.75, 3.05) is 6.61 Å². The third-order valence-electron chi connectivity index (χ3n) is 2.08. The van der Waals surface area contributed by atoms with Gasteiger partial charge in [-0.25, -0.2) is 0 Å². The molecule has 0 spiro atoms. The lowest BCUT2D eigenvalue weighted by Crippen LogP contribution is -2.07. The Hall–Kier alpha value is -2.02. The minimum absolute atomic E-state index is 0.0167. The summed E-state index contributed by atoms with van der Waals surface area (Å²) in [6.07, 6.45) is 1.26. The number of hydrogen-bond acceptors (Lipinski definition) is 5. The minimum Gasteiger partial charge on any atom is -0.508 e. The molecule has 0 bridgehead atoms. The van der Waals surface area contributed by atoms with Gasteiger partial charge in [0.25, 0.3) is 10.0 Å². The van der Waals surface area contributed by atoms with Crippen molar-refractivity contribution in [2.24, 2.45) is 10.1 Å². The number of aromatic hydroxyl groups is 1. The fourth-order valence-electron chi connectivity index (χ4n) is 1.28. The van der Waals surface area contributed by atoms with E-state index in [0.29, 0.717) is 5.75 Å². The number of phenolic OH excluding ortho intramolecular Hbond substituents is 1. The number of sulfonamides is 1. The molecule has 0 saturated heterocycles. The normalized spacial score (nSPS) is 17.4. The number of nitrogens with zero attached hydrogens (tertiary/aromatic N) is 1. The van der Waals surface area contributed by atoms with Gasteiger partial charge in [0, 0.05) is 6.08 Å². The summed E-state index contributed by atoms with van der Waals surface area (Å²) in [6, 6.07) is 5.94. The summed E-state index contributed by atoms with van der Waals surface area (Å²) in [6.45, 7) is -0.142. The summed E-state index contributed by atoms with van der Waals surface area (Å²) < 4.78 is 31.3. The van der Waals surface area contributed by atoms with Crippen molar-refractivity contribution in [3.05, 3.63) is 35.2 Å². The van der Waals surface area contributed by atoms with Gasteiger partial charge in [0.05, 0.1) is 0 Å². The molecular formula is C10H10N2O4S. The van der Waals surface area contributed by atoms with Gasteiger partial charge in [0.15, 0.2) is 0 Å². The number of nitrogens with two attached hydrogens (primary N) is 1. The third kappa shape index (κ3) is 2.56. The molecule has 3 N–H and O–H groups in total. The van der Waals surface area contributed by atoms with E-state index in [1.165, 1.54) is 30.3 Å². The first-order valence-corrected chi connectivity index (χ1v) is 6.14. The first-order valence-electron chi connectivity index (χ1n) is 4.70.